The molecule has 0 unspecified atom stereocenters. The number of oxime groups is 1. The maximum Gasteiger partial charge on any atom is 0.231 e. The molecule has 0 bridgehead atoms. The van der Waals surface area contributed by atoms with E-state index in [9.17, 15) is 0 Å². The van der Waals surface area contributed by atoms with Crippen LogP contribution in [0, 0.1) is 0 Å². The molecule has 0 atom stereocenters. The van der Waals surface area contributed by atoms with Gasteiger partial charge in [0, 0.05) is 5.56 Å². The van der Waals surface area contributed by atoms with Crippen LogP contribution in [0.2, 0.25) is 0 Å². The Morgan fingerprint density at radius 3 is 2.25 bits per heavy atom. The van der Waals surface area contributed by atoms with E-state index in [2.05, 4.69) is 5.16 Å². The molecule has 3 aromatic rings. The van der Waals surface area contributed by atoms with Crippen molar-refractivity contribution in [2.45, 2.75) is 0 Å². The highest BCUT2D eigenvalue weighted by molar-refractivity contribution is 5.92. The van der Waals surface area contributed by atoms with Gasteiger partial charge in [-0.25, -0.2) is 0 Å². The summed E-state index contributed by atoms with van der Waals surface area (Å²) in [7, 11) is 0. The third-order valence-corrected chi connectivity index (χ3v) is 3.72. The first-order chi connectivity index (χ1) is 11.9. The van der Waals surface area contributed by atoms with E-state index in [0.717, 1.165) is 28.2 Å². The zero-order valence-corrected chi connectivity index (χ0v) is 12.9. The highest BCUT2D eigenvalue weighted by Crippen LogP contribution is 2.38. The van der Waals surface area contributed by atoms with Gasteiger partial charge >= 0.3 is 0 Å². The van der Waals surface area contributed by atoms with Crippen LogP contribution >= 0.6 is 0 Å². The second kappa shape index (κ2) is 6.46. The molecule has 0 saturated heterocycles. The first kappa shape index (κ1) is 14.3. The van der Waals surface area contributed by atoms with Crippen LogP contribution in [0.3, 0.4) is 0 Å². The predicted molar refractivity (Wildman–Crippen MR) is 92.7 cm³/mol. The number of nitrogens with zero attached hydrogens (tertiary/aromatic N) is 1. The maximum atomic E-state index is 5.49. The Bertz CT molecular complexity index is 861. The number of hydrogen-bond acceptors (Lipinski definition) is 4. The van der Waals surface area contributed by atoms with Crippen LogP contribution in [0.1, 0.15) is 5.56 Å². The molecule has 0 amide bonds. The lowest BCUT2D eigenvalue weighted by Crippen LogP contribution is -1.93. The summed E-state index contributed by atoms with van der Waals surface area (Å²) in [4.78, 5) is 5.42. The van der Waals surface area contributed by atoms with Gasteiger partial charge in [0.15, 0.2) is 17.2 Å². The Morgan fingerprint density at radius 1 is 0.833 bits per heavy atom. The summed E-state index contributed by atoms with van der Waals surface area (Å²) in [5.41, 5.74) is 3.00. The number of benzene rings is 3. The number of rotatable bonds is 4. The van der Waals surface area contributed by atoms with Crippen molar-refractivity contribution in [3.05, 3.63) is 78.4 Å². The van der Waals surface area contributed by atoms with Gasteiger partial charge in [0.05, 0.1) is 6.21 Å². The van der Waals surface area contributed by atoms with Gasteiger partial charge in [-0.1, -0.05) is 53.7 Å². The van der Waals surface area contributed by atoms with Crippen LogP contribution < -0.4 is 14.3 Å². The fourth-order valence-electron chi connectivity index (χ4n) is 2.56. The molecule has 4 nitrogen and oxygen atoms in total. The smallest absolute Gasteiger partial charge is 0.231 e. The van der Waals surface area contributed by atoms with E-state index in [-0.39, 0.29) is 6.79 Å². The van der Waals surface area contributed by atoms with Crippen molar-refractivity contribution in [1.29, 1.82) is 0 Å². The van der Waals surface area contributed by atoms with Crippen molar-refractivity contribution < 1.29 is 14.3 Å². The standard InChI is InChI=1S/C20H15NO3/c1-3-7-15(8-4-1)18-12-20-19(22-14-23-20)11-16(18)13-21-24-17-9-5-2-6-10-17/h1-13H,14H2/b21-13+. The molecule has 3 aromatic carbocycles. The quantitative estimate of drug-likeness (QED) is 0.525. The van der Waals surface area contributed by atoms with Crippen molar-refractivity contribution in [2.24, 2.45) is 5.16 Å². The topological polar surface area (TPSA) is 40.0 Å². The number of ether oxygens (including phenoxy) is 2. The zero-order valence-electron chi connectivity index (χ0n) is 12.9. The molecule has 0 radical (unpaired) electrons. The minimum Gasteiger partial charge on any atom is -0.454 e. The fourth-order valence-corrected chi connectivity index (χ4v) is 2.56. The summed E-state index contributed by atoms with van der Waals surface area (Å²) in [6.07, 6.45) is 1.69. The van der Waals surface area contributed by atoms with Crippen LogP contribution in [0.4, 0.5) is 0 Å². The Hall–Kier alpha value is -3.27. The molecule has 24 heavy (non-hydrogen) atoms. The van der Waals surface area contributed by atoms with E-state index in [0.29, 0.717) is 5.75 Å². The van der Waals surface area contributed by atoms with E-state index in [4.69, 9.17) is 14.3 Å². The van der Waals surface area contributed by atoms with E-state index < -0.39 is 0 Å². The monoisotopic (exact) mass is 317 g/mol. The highest BCUT2D eigenvalue weighted by atomic mass is 16.7. The van der Waals surface area contributed by atoms with Crippen molar-refractivity contribution in [3.8, 4) is 28.4 Å². The molecular weight excluding hydrogens is 302 g/mol. The molecular formula is C20H15NO3. The average Bonchev–Trinajstić information content (AvgIpc) is 3.10. The van der Waals surface area contributed by atoms with Crippen LogP contribution in [-0.4, -0.2) is 13.0 Å². The number of para-hydroxylation sites is 1. The second-order valence-electron chi connectivity index (χ2n) is 5.30. The Balaban J connectivity index is 1.68. The zero-order chi connectivity index (χ0) is 16.2. The summed E-state index contributed by atoms with van der Waals surface area (Å²) in [6, 6.07) is 23.4. The molecule has 0 spiro atoms. The van der Waals surface area contributed by atoms with Gasteiger partial charge < -0.3 is 14.3 Å². The lowest BCUT2D eigenvalue weighted by atomic mass is 9.99. The molecule has 0 aliphatic carbocycles. The predicted octanol–water partition coefficient (Wildman–Crippen LogP) is 4.50. The lowest BCUT2D eigenvalue weighted by molar-refractivity contribution is 0.174. The number of fused-ring (bicyclic) bond motifs is 1. The van der Waals surface area contributed by atoms with Crippen LogP contribution in [0.15, 0.2) is 78.0 Å². The molecule has 1 aliphatic heterocycles. The van der Waals surface area contributed by atoms with Crippen molar-refractivity contribution in [1.82, 2.24) is 0 Å². The molecule has 118 valence electrons. The van der Waals surface area contributed by atoms with E-state index in [1.54, 1.807) is 6.21 Å². The first-order valence-electron chi connectivity index (χ1n) is 7.65. The fraction of sp³-hybridized carbons (Fsp3) is 0.0500. The minimum absolute atomic E-state index is 0.241. The third-order valence-electron chi connectivity index (χ3n) is 3.72. The molecule has 0 saturated carbocycles. The van der Waals surface area contributed by atoms with E-state index in [1.165, 1.54) is 0 Å². The molecule has 4 heteroatoms. The lowest BCUT2D eigenvalue weighted by Gasteiger charge is -2.08. The first-order valence-corrected chi connectivity index (χ1v) is 7.65. The molecule has 1 aliphatic rings. The summed E-state index contributed by atoms with van der Waals surface area (Å²) in [5, 5.41) is 4.10. The summed E-state index contributed by atoms with van der Waals surface area (Å²) < 4.78 is 11.0. The Labute approximate surface area is 139 Å². The normalized spacial score (nSPS) is 12.5. The Morgan fingerprint density at radius 2 is 1.50 bits per heavy atom. The van der Waals surface area contributed by atoms with Crippen LogP contribution in [0.5, 0.6) is 17.2 Å². The minimum atomic E-state index is 0.241. The Kier molecular flexibility index (Phi) is 3.86. The van der Waals surface area contributed by atoms with E-state index >= 15 is 0 Å². The summed E-state index contributed by atoms with van der Waals surface area (Å²) >= 11 is 0. The highest BCUT2D eigenvalue weighted by Gasteiger charge is 2.17. The van der Waals surface area contributed by atoms with Crippen molar-refractivity contribution >= 4 is 6.21 Å². The molecule has 4 rings (SSSR count). The van der Waals surface area contributed by atoms with Gasteiger partial charge in [0.25, 0.3) is 0 Å². The SMILES string of the molecule is C(=N\Oc1ccccc1)/c1cc2c(cc1-c1ccccc1)OCO2. The van der Waals surface area contributed by atoms with E-state index in [1.807, 2.05) is 72.8 Å². The van der Waals surface area contributed by atoms with Crippen LogP contribution in [-0.2, 0) is 0 Å². The van der Waals surface area contributed by atoms with Gasteiger partial charge in [-0.3, -0.25) is 0 Å². The van der Waals surface area contributed by atoms with Gasteiger partial charge in [0.1, 0.15) is 0 Å². The summed E-state index contributed by atoms with van der Waals surface area (Å²) in [5.74, 6) is 2.15. The number of hydrogen-bond donors (Lipinski definition) is 0. The molecule has 0 aromatic heterocycles. The molecule has 1 heterocycles. The average molecular weight is 317 g/mol. The van der Waals surface area contributed by atoms with Gasteiger partial charge in [-0.05, 0) is 35.4 Å². The van der Waals surface area contributed by atoms with Crippen molar-refractivity contribution in [2.75, 3.05) is 6.79 Å². The van der Waals surface area contributed by atoms with Gasteiger partial charge in [-0.2, -0.15) is 0 Å². The third kappa shape index (κ3) is 2.94. The molecule has 0 N–H and O–H groups in total. The van der Waals surface area contributed by atoms with Gasteiger partial charge in [-0.15, -0.1) is 0 Å². The second-order valence-corrected chi connectivity index (χ2v) is 5.30. The van der Waals surface area contributed by atoms with Crippen LogP contribution in [0.25, 0.3) is 11.1 Å². The molecule has 0 fully saturated rings. The van der Waals surface area contributed by atoms with Crippen molar-refractivity contribution in [3.63, 3.8) is 0 Å². The van der Waals surface area contributed by atoms with Gasteiger partial charge in [0.2, 0.25) is 6.79 Å². The summed E-state index contributed by atoms with van der Waals surface area (Å²) in [6.45, 7) is 0.241. The maximum absolute atomic E-state index is 5.49. The largest absolute Gasteiger partial charge is 0.454 e.